The summed E-state index contributed by atoms with van der Waals surface area (Å²) >= 11 is 0. The van der Waals surface area contributed by atoms with E-state index >= 15 is 0 Å². The summed E-state index contributed by atoms with van der Waals surface area (Å²) < 4.78 is 18.6. The molecular weight excluding hydrogens is 388 g/mol. The van der Waals surface area contributed by atoms with Gasteiger partial charge in [-0.05, 0) is 16.7 Å². The van der Waals surface area contributed by atoms with Crippen LogP contribution in [0.1, 0.15) is 16.7 Å². The lowest BCUT2D eigenvalue weighted by Gasteiger charge is -2.37. The van der Waals surface area contributed by atoms with Gasteiger partial charge >= 0.3 is 0 Å². The van der Waals surface area contributed by atoms with Gasteiger partial charge in [-0.3, -0.25) is 0 Å². The van der Waals surface area contributed by atoms with Crippen molar-refractivity contribution in [3.8, 4) is 0 Å². The third-order valence-corrected chi connectivity index (χ3v) is 5.34. The van der Waals surface area contributed by atoms with Crippen LogP contribution in [0.25, 0.3) is 0 Å². The van der Waals surface area contributed by atoms with Crippen LogP contribution in [0.5, 0.6) is 0 Å². The highest BCUT2D eigenvalue weighted by Gasteiger charge is 2.38. The Bertz CT molecular complexity index is 927. The van der Waals surface area contributed by atoms with Crippen LogP contribution in [-0.4, -0.2) is 29.5 Å². The fraction of sp³-hybridized carbons (Fsp3) is 0.259. The highest BCUT2D eigenvalue weighted by molar-refractivity contribution is 5.17. The van der Waals surface area contributed by atoms with Crippen LogP contribution in [0.3, 0.4) is 0 Å². The Hall–Kier alpha value is -2.76. The molecule has 4 nitrogen and oxygen atoms in total. The predicted molar refractivity (Wildman–Crippen MR) is 120 cm³/mol. The normalized spacial score (nSPS) is 23.0. The van der Waals surface area contributed by atoms with Crippen LogP contribution in [-0.2, 0) is 34.0 Å². The minimum Gasteiger partial charge on any atom is -0.386 e. The molecular formula is C27H28O4. The molecule has 0 fully saturated rings. The lowest BCUT2D eigenvalue weighted by molar-refractivity contribution is -0.167. The maximum absolute atomic E-state index is 10.7. The van der Waals surface area contributed by atoms with Crippen molar-refractivity contribution in [2.45, 2.75) is 44.2 Å². The van der Waals surface area contributed by atoms with E-state index in [1.54, 1.807) is 6.08 Å². The molecule has 0 aliphatic heterocycles. The molecule has 1 aliphatic carbocycles. The van der Waals surface area contributed by atoms with Gasteiger partial charge in [-0.25, -0.2) is 0 Å². The van der Waals surface area contributed by atoms with E-state index < -0.39 is 18.3 Å². The lowest BCUT2D eigenvalue weighted by atomic mass is 9.95. The number of hydrogen-bond donors (Lipinski definition) is 1. The molecule has 0 radical (unpaired) electrons. The van der Waals surface area contributed by atoms with Crippen LogP contribution in [0, 0.1) is 0 Å². The molecule has 1 aliphatic rings. The second kappa shape index (κ2) is 11.0. The van der Waals surface area contributed by atoms with E-state index in [0.717, 1.165) is 16.7 Å². The second-order valence-corrected chi connectivity index (χ2v) is 7.66. The fourth-order valence-corrected chi connectivity index (χ4v) is 3.66. The van der Waals surface area contributed by atoms with Crippen molar-refractivity contribution >= 4 is 0 Å². The summed E-state index contributed by atoms with van der Waals surface area (Å²) in [5.74, 6) is 0. The van der Waals surface area contributed by atoms with Crippen molar-refractivity contribution in [2.24, 2.45) is 0 Å². The highest BCUT2D eigenvalue weighted by Crippen LogP contribution is 2.25. The first-order chi connectivity index (χ1) is 15.3. The maximum Gasteiger partial charge on any atom is 0.117 e. The predicted octanol–water partition coefficient (Wildman–Crippen LogP) is 4.67. The van der Waals surface area contributed by atoms with Crippen LogP contribution >= 0.6 is 0 Å². The summed E-state index contributed by atoms with van der Waals surface area (Å²) in [6, 6.07) is 30.0. The molecule has 0 spiro atoms. The number of hydrogen-bond acceptors (Lipinski definition) is 4. The zero-order valence-corrected chi connectivity index (χ0v) is 17.4. The Morgan fingerprint density at radius 3 is 1.42 bits per heavy atom. The molecule has 4 atom stereocenters. The SMILES string of the molecule is O[C@H]1C=C[C@@H](OCc2ccccc2)[C@H](OCc2ccccc2)[C@@H]1OCc1ccccc1. The molecule has 3 aromatic carbocycles. The summed E-state index contributed by atoms with van der Waals surface area (Å²) in [5.41, 5.74) is 3.20. The van der Waals surface area contributed by atoms with Gasteiger partial charge < -0.3 is 19.3 Å². The van der Waals surface area contributed by atoms with Gasteiger partial charge in [0.05, 0.1) is 19.8 Å². The van der Waals surface area contributed by atoms with E-state index in [1.807, 2.05) is 97.1 Å². The van der Waals surface area contributed by atoms with Crippen LogP contribution in [0.15, 0.2) is 103 Å². The molecule has 31 heavy (non-hydrogen) atoms. The van der Waals surface area contributed by atoms with E-state index in [-0.39, 0.29) is 6.10 Å². The van der Waals surface area contributed by atoms with Gasteiger partial charge in [-0.15, -0.1) is 0 Å². The largest absolute Gasteiger partial charge is 0.386 e. The standard InChI is InChI=1S/C27H28O4/c28-24-16-17-25(29-18-21-10-4-1-5-11-21)27(31-20-23-14-8-3-9-15-23)26(24)30-19-22-12-6-2-7-13-22/h1-17,24-28H,18-20H2/t24-,25+,26+,27-/m0/s1. The monoisotopic (exact) mass is 416 g/mol. The van der Waals surface area contributed by atoms with Gasteiger partial charge in [0.25, 0.3) is 0 Å². The summed E-state index contributed by atoms with van der Waals surface area (Å²) in [6.07, 6.45) is 1.57. The Morgan fingerprint density at radius 2 is 0.935 bits per heavy atom. The fourth-order valence-electron chi connectivity index (χ4n) is 3.66. The minimum atomic E-state index is -0.763. The van der Waals surface area contributed by atoms with Crippen LogP contribution in [0.2, 0.25) is 0 Å². The topological polar surface area (TPSA) is 47.9 Å². The van der Waals surface area contributed by atoms with E-state index in [0.29, 0.717) is 19.8 Å². The molecule has 4 rings (SSSR count). The van der Waals surface area contributed by atoms with Gasteiger partial charge in [0.2, 0.25) is 0 Å². The van der Waals surface area contributed by atoms with Crippen LogP contribution in [0.4, 0.5) is 0 Å². The first kappa shape index (κ1) is 21.5. The molecule has 3 aromatic rings. The number of aliphatic hydroxyl groups excluding tert-OH is 1. The van der Waals surface area contributed by atoms with E-state index in [1.165, 1.54) is 0 Å². The summed E-state index contributed by atoms with van der Waals surface area (Å²) in [4.78, 5) is 0. The molecule has 4 heteroatoms. The number of aliphatic hydroxyl groups is 1. The molecule has 0 heterocycles. The van der Waals surface area contributed by atoms with E-state index in [9.17, 15) is 5.11 Å². The molecule has 0 aromatic heterocycles. The third-order valence-electron chi connectivity index (χ3n) is 5.34. The first-order valence-electron chi connectivity index (χ1n) is 10.6. The Kier molecular flexibility index (Phi) is 7.64. The molecule has 0 saturated carbocycles. The van der Waals surface area contributed by atoms with Gasteiger partial charge in [-0.2, -0.15) is 0 Å². The smallest absolute Gasteiger partial charge is 0.117 e. The highest BCUT2D eigenvalue weighted by atomic mass is 16.6. The first-order valence-corrected chi connectivity index (χ1v) is 10.6. The van der Waals surface area contributed by atoms with Gasteiger partial charge in [-0.1, -0.05) is 103 Å². The van der Waals surface area contributed by atoms with Crippen molar-refractivity contribution in [3.05, 3.63) is 120 Å². The van der Waals surface area contributed by atoms with E-state index in [4.69, 9.17) is 14.2 Å². The molecule has 0 saturated heterocycles. The summed E-state index contributed by atoms with van der Waals surface area (Å²) in [7, 11) is 0. The third kappa shape index (κ3) is 6.12. The van der Waals surface area contributed by atoms with Crippen molar-refractivity contribution in [3.63, 3.8) is 0 Å². The van der Waals surface area contributed by atoms with Crippen molar-refractivity contribution in [2.75, 3.05) is 0 Å². The zero-order chi connectivity index (χ0) is 21.3. The Balaban J connectivity index is 1.48. The lowest BCUT2D eigenvalue weighted by Crippen LogP contribution is -2.50. The second-order valence-electron chi connectivity index (χ2n) is 7.66. The Morgan fingerprint density at radius 1 is 0.516 bits per heavy atom. The average molecular weight is 417 g/mol. The van der Waals surface area contributed by atoms with Gasteiger partial charge in [0, 0.05) is 0 Å². The molecule has 0 bridgehead atoms. The Labute approximate surface area is 183 Å². The van der Waals surface area contributed by atoms with Crippen LogP contribution < -0.4 is 0 Å². The van der Waals surface area contributed by atoms with Gasteiger partial charge in [0.15, 0.2) is 0 Å². The molecule has 160 valence electrons. The number of rotatable bonds is 9. The average Bonchev–Trinajstić information content (AvgIpc) is 2.83. The minimum absolute atomic E-state index is 0.326. The van der Waals surface area contributed by atoms with Crippen molar-refractivity contribution < 1.29 is 19.3 Å². The maximum atomic E-state index is 10.7. The molecule has 0 amide bonds. The zero-order valence-electron chi connectivity index (χ0n) is 17.4. The number of ether oxygens (including phenoxy) is 3. The summed E-state index contributed by atoms with van der Waals surface area (Å²) in [6.45, 7) is 1.28. The number of benzene rings is 3. The van der Waals surface area contributed by atoms with Crippen molar-refractivity contribution in [1.82, 2.24) is 0 Å². The molecule has 0 unspecified atom stereocenters. The summed E-state index contributed by atoms with van der Waals surface area (Å²) in [5, 5.41) is 10.7. The van der Waals surface area contributed by atoms with E-state index in [2.05, 4.69) is 0 Å². The van der Waals surface area contributed by atoms with Gasteiger partial charge in [0.1, 0.15) is 24.4 Å². The quantitative estimate of drug-likeness (QED) is 0.515. The molecule has 1 N–H and O–H groups in total. The van der Waals surface area contributed by atoms with Crippen molar-refractivity contribution in [1.29, 1.82) is 0 Å².